The maximum Gasteiger partial charge on any atom is 0.238 e. The largest absolute Gasteiger partial charge is 0.489 e. The van der Waals surface area contributed by atoms with Crippen LogP contribution in [0.15, 0.2) is 23.1 Å². The van der Waals surface area contributed by atoms with Gasteiger partial charge in [0.2, 0.25) is 10.0 Å². The van der Waals surface area contributed by atoms with Gasteiger partial charge in [0.05, 0.1) is 29.7 Å². The number of primary sulfonamides is 1. The molecule has 0 aliphatic carbocycles. The van der Waals surface area contributed by atoms with Crippen molar-refractivity contribution in [1.82, 2.24) is 4.90 Å². The Kier molecular flexibility index (Phi) is 4.97. The van der Waals surface area contributed by atoms with Gasteiger partial charge in [0.1, 0.15) is 24.1 Å². The zero-order chi connectivity index (χ0) is 18.1. The van der Waals surface area contributed by atoms with Crippen LogP contribution >= 0.6 is 0 Å². The fraction of sp³-hybridized carbons (Fsp3) is 0.562. The third-order valence-electron chi connectivity index (χ3n) is 4.72. The Labute approximate surface area is 146 Å². The molecule has 0 saturated carbocycles. The van der Waals surface area contributed by atoms with Gasteiger partial charge in [-0.25, -0.2) is 17.9 Å². The SMILES string of the molecule is N#Cc1cc(S(N)(=O)=O)ccc1OCC1(F)CCN(C2COC2)CC1. The lowest BCUT2D eigenvalue weighted by molar-refractivity contribution is -0.0890. The fourth-order valence-electron chi connectivity index (χ4n) is 2.97. The van der Waals surface area contributed by atoms with Gasteiger partial charge in [-0.05, 0) is 31.0 Å². The van der Waals surface area contributed by atoms with Crippen LogP contribution in [-0.4, -0.2) is 57.9 Å². The number of nitrogens with two attached hydrogens (primary N) is 1. The third-order valence-corrected chi connectivity index (χ3v) is 5.63. The highest BCUT2D eigenvalue weighted by Gasteiger charge is 2.39. The van der Waals surface area contributed by atoms with Crippen molar-refractivity contribution in [2.24, 2.45) is 5.14 Å². The monoisotopic (exact) mass is 369 g/mol. The smallest absolute Gasteiger partial charge is 0.238 e. The minimum Gasteiger partial charge on any atom is -0.489 e. The van der Waals surface area contributed by atoms with Gasteiger partial charge in [-0.3, -0.25) is 4.90 Å². The Morgan fingerprint density at radius 3 is 2.60 bits per heavy atom. The first-order valence-electron chi connectivity index (χ1n) is 8.01. The average molecular weight is 369 g/mol. The van der Waals surface area contributed by atoms with Crippen molar-refractivity contribution in [2.75, 3.05) is 32.9 Å². The van der Waals surface area contributed by atoms with Crippen molar-refractivity contribution in [3.8, 4) is 11.8 Å². The molecular formula is C16H20FN3O4S. The zero-order valence-corrected chi connectivity index (χ0v) is 14.5. The quantitative estimate of drug-likeness (QED) is 0.822. The lowest BCUT2D eigenvalue weighted by Gasteiger charge is -2.43. The van der Waals surface area contributed by atoms with E-state index in [9.17, 15) is 12.8 Å². The molecule has 3 rings (SSSR count). The molecule has 25 heavy (non-hydrogen) atoms. The maximum absolute atomic E-state index is 14.9. The molecule has 9 heteroatoms. The third kappa shape index (κ3) is 4.10. The molecule has 136 valence electrons. The number of benzene rings is 1. The molecule has 0 bridgehead atoms. The summed E-state index contributed by atoms with van der Waals surface area (Å²) in [5, 5.41) is 14.2. The van der Waals surface area contributed by atoms with Crippen LogP contribution in [0.3, 0.4) is 0 Å². The number of ether oxygens (including phenoxy) is 2. The summed E-state index contributed by atoms with van der Waals surface area (Å²) in [5.74, 6) is 0.154. The predicted molar refractivity (Wildman–Crippen MR) is 87.3 cm³/mol. The van der Waals surface area contributed by atoms with Crippen molar-refractivity contribution < 1.29 is 22.3 Å². The summed E-state index contributed by atoms with van der Waals surface area (Å²) >= 11 is 0. The second kappa shape index (κ2) is 6.88. The molecule has 2 fully saturated rings. The van der Waals surface area contributed by atoms with E-state index in [0.717, 1.165) is 6.07 Å². The van der Waals surface area contributed by atoms with E-state index in [1.807, 2.05) is 6.07 Å². The van der Waals surface area contributed by atoms with E-state index in [1.54, 1.807) is 0 Å². The van der Waals surface area contributed by atoms with E-state index >= 15 is 0 Å². The molecule has 2 heterocycles. The number of hydrogen-bond donors (Lipinski definition) is 1. The van der Waals surface area contributed by atoms with Gasteiger partial charge in [0, 0.05) is 13.1 Å². The minimum absolute atomic E-state index is 0.0131. The van der Waals surface area contributed by atoms with Gasteiger partial charge in [-0.2, -0.15) is 5.26 Å². The number of nitrogens with zero attached hydrogens (tertiary/aromatic N) is 2. The molecule has 2 aliphatic rings. The number of hydrogen-bond acceptors (Lipinski definition) is 6. The first-order valence-corrected chi connectivity index (χ1v) is 9.56. The number of alkyl halides is 1. The molecule has 0 aromatic heterocycles. The van der Waals surface area contributed by atoms with Crippen LogP contribution in [0, 0.1) is 11.3 Å². The Bertz CT molecular complexity index is 781. The molecule has 2 saturated heterocycles. The highest BCUT2D eigenvalue weighted by atomic mass is 32.2. The van der Waals surface area contributed by atoms with Crippen LogP contribution < -0.4 is 9.88 Å². The Morgan fingerprint density at radius 1 is 1.40 bits per heavy atom. The zero-order valence-electron chi connectivity index (χ0n) is 13.7. The lowest BCUT2D eigenvalue weighted by atomic mass is 9.93. The average Bonchev–Trinajstić information content (AvgIpc) is 2.52. The van der Waals surface area contributed by atoms with Gasteiger partial charge in [0.25, 0.3) is 0 Å². The second-order valence-electron chi connectivity index (χ2n) is 6.48. The Balaban J connectivity index is 1.62. The van der Waals surface area contributed by atoms with Crippen LogP contribution in [0.4, 0.5) is 4.39 Å². The molecule has 0 spiro atoms. The topological polar surface area (TPSA) is 106 Å². The summed E-state index contributed by atoms with van der Waals surface area (Å²) in [6.45, 7) is 2.52. The molecular weight excluding hydrogens is 349 g/mol. The van der Waals surface area contributed by atoms with Crippen molar-refractivity contribution in [3.05, 3.63) is 23.8 Å². The molecule has 0 atom stereocenters. The van der Waals surface area contributed by atoms with Crippen LogP contribution in [0.5, 0.6) is 5.75 Å². The highest BCUT2D eigenvalue weighted by Crippen LogP contribution is 2.31. The maximum atomic E-state index is 14.9. The number of piperidine rings is 1. The summed E-state index contributed by atoms with van der Waals surface area (Å²) < 4.78 is 48.3. The molecule has 1 aromatic carbocycles. The van der Waals surface area contributed by atoms with Gasteiger partial charge < -0.3 is 9.47 Å². The summed E-state index contributed by atoms with van der Waals surface area (Å²) in [4.78, 5) is 2.05. The first-order chi connectivity index (χ1) is 11.8. The van der Waals surface area contributed by atoms with E-state index in [0.29, 0.717) is 45.2 Å². The van der Waals surface area contributed by atoms with E-state index < -0.39 is 15.7 Å². The Hall–Kier alpha value is -1.73. The minimum atomic E-state index is -3.91. The molecule has 7 nitrogen and oxygen atoms in total. The summed E-state index contributed by atoms with van der Waals surface area (Å²) in [6.07, 6.45) is 0.696. The normalized spacial score (nSPS) is 21.3. The van der Waals surface area contributed by atoms with Gasteiger partial charge in [-0.15, -0.1) is 0 Å². The lowest BCUT2D eigenvalue weighted by Crippen LogP contribution is -2.55. The number of nitriles is 1. The molecule has 0 unspecified atom stereocenters. The van der Waals surface area contributed by atoms with Gasteiger partial charge in [0.15, 0.2) is 0 Å². The molecule has 2 aliphatic heterocycles. The second-order valence-corrected chi connectivity index (χ2v) is 8.04. The van der Waals surface area contributed by atoms with Gasteiger partial charge >= 0.3 is 0 Å². The van der Waals surface area contributed by atoms with Crippen LogP contribution in [-0.2, 0) is 14.8 Å². The fourth-order valence-corrected chi connectivity index (χ4v) is 3.51. The number of sulfonamides is 1. The van der Waals surface area contributed by atoms with Crippen molar-refractivity contribution in [2.45, 2.75) is 29.4 Å². The van der Waals surface area contributed by atoms with Gasteiger partial charge in [-0.1, -0.05) is 0 Å². The summed E-state index contributed by atoms with van der Waals surface area (Å²) in [6, 6.07) is 5.96. The van der Waals surface area contributed by atoms with Crippen molar-refractivity contribution in [3.63, 3.8) is 0 Å². The number of likely N-dealkylation sites (tertiary alicyclic amines) is 1. The first kappa shape index (κ1) is 18.1. The number of rotatable bonds is 5. The summed E-state index contributed by atoms with van der Waals surface area (Å²) in [7, 11) is -3.91. The van der Waals surface area contributed by atoms with E-state index in [1.165, 1.54) is 12.1 Å². The molecule has 1 aromatic rings. The molecule has 0 amide bonds. The molecule has 2 N–H and O–H groups in total. The highest BCUT2D eigenvalue weighted by molar-refractivity contribution is 7.89. The van der Waals surface area contributed by atoms with Crippen LogP contribution in [0.2, 0.25) is 0 Å². The van der Waals surface area contributed by atoms with E-state index in [2.05, 4.69) is 4.90 Å². The van der Waals surface area contributed by atoms with Crippen LogP contribution in [0.1, 0.15) is 18.4 Å². The van der Waals surface area contributed by atoms with E-state index in [-0.39, 0.29) is 22.8 Å². The molecule has 0 radical (unpaired) electrons. The van der Waals surface area contributed by atoms with Crippen molar-refractivity contribution in [1.29, 1.82) is 5.26 Å². The Morgan fingerprint density at radius 2 is 2.08 bits per heavy atom. The summed E-state index contributed by atoms with van der Waals surface area (Å²) in [5.41, 5.74) is -1.45. The predicted octanol–water partition coefficient (Wildman–Crippen LogP) is 0.787. The van der Waals surface area contributed by atoms with Crippen molar-refractivity contribution >= 4 is 10.0 Å². The standard InChI is InChI=1S/C16H20FN3O4S/c17-16(3-5-20(6-4-16)13-9-23-10-13)11-24-15-2-1-14(25(19,21)22)7-12(15)8-18/h1-2,7,13H,3-6,9-11H2,(H2,19,21,22). The van der Waals surface area contributed by atoms with E-state index in [4.69, 9.17) is 19.9 Å². The number of halogens is 1. The van der Waals surface area contributed by atoms with Crippen LogP contribution in [0.25, 0.3) is 0 Å².